The summed E-state index contributed by atoms with van der Waals surface area (Å²) in [5.41, 5.74) is 1.10. The van der Waals surface area contributed by atoms with E-state index in [1.165, 1.54) is 0 Å². The molecule has 7 nitrogen and oxygen atoms in total. The summed E-state index contributed by atoms with van der Waals surface area (Å²) in [5, 5.41) is 9.51. The number of rotatable bonds is 20. The largest absolute Gasteiger partial charge is 0.497 e. The second kappa shape index (κ2) is 17.4. The molecule has 0 radical (unpaired) electrons. The number of ketones is 1. The smallest absolute Gasteiger partial charge is 0.305 e. The van der Waals surface area contributed by atoms with Crippen LogP contribution < -0.4 is 4.74 Å². The molecule has 1 aromatic rings. The molecule has 0 bridgehead atoms. The lowest BCUT2D eigenvalue weighted by molar-refractivity contribution is -0.139. The summed E-state index contributed by atoms with van der Waals surface area (Å²) in [6.07, 6.45) is 2.50. The number of Topliss-reactive ketones (excluding diaryl/α,β-unsaturated/α-hetero) is 1. The third-order valence-electron chi connectivity index (χ3n) is 9.70. The highest BCUT2D eigenvalue weighted by molar-refractivity contribution is 6.74. The van der Waals surface area contributed by atoms with Gasteiger partial charge in [-0.3, -0.25) is 9.59 Å². The predicted octanol–water partition coefficient (Wildman–Crippen LogP) is 9.26. The highest BCUT2D eigenvalue weighted by Gasteiger charge is 2.42. The quantitative estimate of drug-likeness (QED) is 0.140. The van der Waals surface area contributed by atoms with E-state index in [1.54, 1.807) is 7.11 Å². The van der Waals surface area contributed by atoms with Crippen LogP contribution in [0.5, 0.6) is 5.75 Å². The van der Waals surface area contributed by atoms with Gasteiger partial charge in [0.2, 0.25) is 0 Å². The SMILES string of the molecule is COc1ccc(COC[C@@H](C)[C@@H](O[Si](C)(C)C(C)(C)C)[C@H](C)CCC(=O)CCC[C@@H](CC(=O)O)O[Si](C)(C)C(C)(C)C)cc1. The van der Waals surface area contributed by atoms with Crippen LogP contribution in [-0.2, 0) is 29.8 Å². The van der Waals surface area contributed by atoms with Gasteiger partial charge in [-0.25, -0.2) is 0 Å². The fourth-order valence-corrected chi connectivity index (χ4v) is 7.57. The molecule has 1 N–H and O–H groups in total. The van der Waals surface area contributed by atoms with Crippen molar-refractivity contribution in [3.8, 4) is 5.75 Å². The van der Waals surface area contributed by atoms with Crippen molar-refractivity contribution in [2.24, 2.45) is 11.8 Å². The lowest BCUT2D eigenvalue weighted by Gasteiger charge is -2.43. The van der Waals surface area contributed by atoms with Crippen molar-refractivity contribution < 1.29 is 33.0 Å². The molecule has 0 aliphatic rings. The van der Waals surface area contributed by atoms with Crippen molar-refractivity contribution in [1.29, 1.82) is 0 Å². The fraction of sp³-hybridized carbons (Fsp3) is 0.771. The summed E-state index contributed by atoms with van der Waals surface area (Å²) < 4.78 is 24.8. The van der Waals surface area contributed by atoms with E-state index in [-0.39, 0.29) is 46.3 Å². The van der Waals surface area contributed by atoms with Gasteiger partial charge in [-0.2, -0.15) is 0 Å². The Morgan fingerprint density at radius 1 is 0.818 bits per heavy atom. The van der Waals surface area contributed by atoms with E-state index >= 15 is 0 Å². The van der Waals surface area contributed by atoms with E-state index < -0.39 is 22.6 Å². The van der Waals surface area contributed by atoms with E-state index in [0.717, 1.165) is 17.7 Å². The standard InChI is InChI=1S/C35H64O7Si2/c1-26(17-20-29(36)15-14-16-31(23-32(37)38)41-43(10,11)34(3,4)5)33(42-44(12,13)35(6,7)8)27(2)24-40-25-28-18-21-30(39-9)22-19-28/h18-19,21-22,26-27,31,33H,14-17,20,23-25H2,1-13H3,(H,37,38)/t26-,27-,31+,33+/m1/s1. The molecule has 0 unspecified atom stereocenters. The fourth-order valence-electron chi connectivity index (χ4n) is 4.69. The summed E-state index contributed by atoms with van der Waals surface area (Å²) in [6, 6.07) is 7.92. The maximum absolute atomic E-state index is 13.0. The first kappa shape index (κ1) is 40.5. The van der Waals surface area contributed by atoms with Crippen LogP contribution in [0, 0.1) is 11.8 Å². The Balaban J connectivity index is 2.79. The maximum Gasteiger partial charge on any atom is 0.305 e. The van der Waals surface area contributed by atoms with Crippen LogP contribution in [0.3, 0.4) is 0 Å². The van der Waals surface area contributed by atoms with E-state index in [4.69, 9.17) is 18.3 Å². The lowest BCUT2D eigenvalue weighted by atomic mass is 9.89. The van der Waals surface area contributed by atoms with E-state index in [2.05, 4.69) is 81.6 Å². The zero-order valence-corrected chi connectivity index (χ0v) is 32.2. The summed E-state index contributed by atoms with van der Waals surface area (Å²) >= 11 is 0. The normalized spacial score (nSPS) is 15.8. The van der Waals surface area contributed by atoms with Crippen molar-refractivity contribution in [1.82, 2.24) is 0 Å². The molecule has 0 saturated heterocycles. The average molecular weight is 653 g/mol. The zero-order chi connectivity index (χ0) is 33.9. The zero-order valence-electron chi connectivity index (χ0n) is 30.2. The maximum atomic E-state index is 13.0. The van der Waals surface area contributed by atoms with E-state index in [0.29, 0.717) is 38.9 Å². The first-order chi connectivity index (χ1) is 20.1. The van der Waals surface area contributed by atoms with Crippen molar-refractivity contribution in [2.45, 2.75) is 149 Å². The summed E-state index contributed by atoms with van der Waals surface area (Å²) in [5.74, 6) is 0.537. The van der Waals surface area contributed by atoms with Gasteiger partial charge >= 0.3 is 5.97 Å². The lowest BCUT2D eigenvalue weighted by Crippen LogP contribution is -2.48. The van der Waals surface area contributed by atoms with Crippen LogP contribution in [-0.4, -0.2) is 59.4 Å². The Morgan fingerprint density at radius 2 is 1.36 bits per heavy atom. The molecule has 0 aliphatic carbocycles. The highest BCUT2D eigenvalue weighted by Crippen LogP contribution is 2.40. The first-order valence-electron chi connectivity index (χ1n) is 16.4. The highest BCUT2D eigenvalue weighted by atomic mass is 28.4. The second-order valence-electron chi connectivity index (χ2n) is 15.7. The Morgan fingerprint density at radius 3 is 1.86 bits per heavy atom. The number of hydrogen-bond donors (Lipinski definition) is 1. The number of methoxy groups -OCH3 is 1. The molecule has 9 heteroatoms. The summed E-state index contributed by atoms with van der Waals surface area (Å²) in [6.45, 7) is 27.5. The minimum atomic E-state index is -2.11. The summed E-state index contributed by atoms with van der Waals surface area (Å²) in [7, 11) is -2.50. The van der Waals surface area contributed by atoms with Gasteiger partial charge in [0, 0.05) is 18.8 Å². The number of ether oxygens (including phenoxy) is 2. The Kier molecular flexibility index (Phi) is 16.0. The number of aliphatic carboxylic acids is 1. The Bertz CT molecular complexity index is 1010. The van der Waals surface area contributed by atoms with Crippen LogP contribution in [0.2, 0.25) is 36.3 Å². The van der Waals surface area contributed by atoms with Crippen molar-refractivity contribution in [3.63, 3.8) is 0 Å². The summed E-state index contributed by atoms with van der Waals surface area (Å²) in [4.78, 5) is 24.5. The molecule has 44 heavy (non-hydrogen) atoms. The first-order valence-corrected chi connectivity index (χ1v) is 22.2. The van der Waals surface area contributed by atoms with Gasteiger partial charge in [0.05, 0.1) is 39.0 Å². The minimum absolute atomic E-state index is 0.00338. The van der Waals surface area contributed by atoms with Crippen LogP contribution in [0.15, 0.2) is 24.3 Å². The molecule has 0 aromatic heterocycles. The van der Waals surface area contributed by atoms with Crippen LogP contribution in [0.4, 0.5) is 0 Å². The minimum Gasteiger partial charge on any atom is -0.497 e. The van der Waals surface area contributed by atoms with Gasteiger partial charge in [0.15, 0.2) is 16.6 Å². The monoisotopic (exact) mass is 652 g/mol. The van der Waals surface area contributed by atoms with Crippen LogP contribution in [0.1, 0.15) is 99.5 Å². The molecule has 0 fully saturated rings. The molecular formula is C35H64O7Si2. The molecule has 1 rings (SSSR count). The molecular weight excluding hydrogens is 589 g/mol. The number of carbonyl (C=O) groups is 2. The Labute approximate surface area is 271 Å². The number of benzene rings is 1. The number of carbonyl (C=O) groups excluding carboxylic acids is 1. The second-order valence-corrected chi connectivity index (χ2v) is 25.2. The van der Waals surface area contributed by atoms with Crippen molar-refractivity contribution in [2.75, 3.05) is 13.7 Å². The van der Waals surface area contributed by atoms with E-state index in [9.17, 15) is 14.7 Å². The van der Waals surface area contributed by atoms with Gasteiger partial charge in [-0.05, 0) is 79.1 Å². The van der Waals surface area contributed by atoms with Crippen LogP contribution >= 0.6 is 0 Å². The molecule has 1 aromatic carbocycles. The third-order valence-corrected chi connectivity index (χ3v) is 18.7. The third kappa shape index (κ3) is 13.9. The molecule has 254 valence electrons. The van der Waals surface area contributed by atoms with Gasteiger partial charge in [-0.1, -0.05) is 67.5 Å². The number of hydrogen-bond acceptors (Lipinski definition) is 6. The van der Waals surface area contributed by atoms with Gasteiger partial charge in [0.25, 0.3) is 0 Å². The predicted molar refractivity (Wildman–Crippen MR) is 185 cm³/mol. The molecule has 0 heterocycles. The number of carboxylic acid groups (broad SMARTS) is 1. The molecule has 0 saturated carbocycles. The molecule has 0 aliphatic heterocycles. The van der Waals surface area contributed by atoms with Crippen molar-refractivity contribution in [3.05, 3.63) is 29.8 Å². The van der Waals surface area contributed by atoms with Crippen molar-refractivity contribution >= 4 is 28.4 Å². The van der Waals surface area contributed by atoms with Crippen LogP contribution in [0.25, 0.3) is 0 Å². The van der Waals surface area contributed by atoms with Gasteiger partial charge in [-0.15, -0.1) is 0 Å². The van der Waals surface area contributed by atoms with Gasteiger partial charge < -0.3 is 23.4 Å². The molecule has 0 spiro atoms. The van der Waals surface area contributed by atoms with E-state index in [1.807, 2.05) is 24.3 Å². The molecule has 4 atom stereocenters. The van der Waals surface area contributed by atoms with Gasteiger partial charge in [0.1, 0.15) is 11.5 Å². The topological polar surface area (TPSA) is 91.3 Å². The number of carboxylic acids is 1. The Hall–Kier alpha value is -1.53. The average Bonchev–Trinajstić information content (AvgIpc) is 2.88. The molecule has 0 amide bonds.